The van der Waals surface area contributed by atoms with Gasteiger partial charge in [0.05, 0.1) is 11.5 Å². The van der Waals surface area contributed by atoms with Gasteiger partial charge in [-0.05, 0) is 30.9 Å². The molecular formula is C17H17F3N2O4. The summed E-state index contributed by atoms with van der Waals surface area (Å²) in [5, 5.41) is 2.46. The summed E-state index contributed by atoms with van der Waals surface area (Å²) in [6.07, 6.45) is -5.44. The van der Waals surface area contributed by atoms with Crippen LogP contribution in [0.4, 0.5) is 18.0 Å². The Morgan fingerprint density at radius 3 is 2.62 bits per heavy atom. The van der Waals surface area contributed by atoms with Gasteiger partial charge in [0.2, 0.25) is 0 Å². The molecule has 1 aliphatic heterocycles. The van der Waals surface area contributed by atoms with E-state index < -0.39 is 47.6 Å². The number of esters is 1. The van der Waals surface area contributed by atoms with Crippen molar-refractivity contribution in [2.24, 2.45) is 5.92 Å². The lowest BCUT2D eigenvalue weighted by molar-refractivity contribution is -0.158. The van der Waals surface area contributed by atoms with Crippen LogP contribution in [0.5, 0.6) is 0 Å². The summed E-state index contributed by atoms with van der Waals surface area (Å²) in [4.78, 5) is 36.7. The molecule has 0 bridgehead atoms. The average Bonchev–Trinajstić information content (AvgIpc) is 3.28. The fraction of sp³-hybridized carbons (Fsp3) is 0.471. The summed E-state index contributed by atoms with van der Waals surface area (Å²) in [6, 6.07) is 4.56. The topological polar surface area (TPSA) is 75.7 Å². The molecule has 0 spiro atoms. The van der Waals surface area contributed by atoms with E-state index in [1.54, 1.807) is 0 Å². The SMILES string of the molecule is C[C@H](OC(=O)[C@@H]1C[C@H]1c1ccccc1C(F)(F)F)C(=O)N1CCNC1=O. The molecule has 1 aromatic rings. The maximum absolute atomic E-state index is 13.1. The largest absolute Gasteiger partial charge is 0.452 e. The van der Waals surface area contributed by atoms with E-state index in [-0.39, 0.29) is 18.5 Å². The first-order valence-corrected chi connectivity index (χ1v) is 8.16. The number of urea groups is 1. The maximum atomic E-state index is 13.1. The molecule has 0 radical (unpaired) electrons. The Balaban J connectivity index is 1.63. The molecule has 1 saturated carbocycles. The Hall–Kier alpha value is -2.58. The van der Waals surface area contributed by atoms with Gasteiger partial charge in [0, 0.05) is 13.1 Å². The van der Waals surface area contributed by atoms with Crippen LogP contribution in [0.25, 0.3) is 0 Å². The first-order valence-electron chi connectivity index (χ1n) is 8.16. The van der Waals surface area contributed by atoms with Gasteiger partial charge in [0.25, 0.3) is 5.91 Å². The molecule has 2 aliphatic rings. The highest BCUT2D eigenvalue weighted by Crippen LogP contribution is 2.51. The predicted molar refractivity (Wildman–Crippen MR) is 83.0 cm³/mol. The summed E-state index contributed by atoms with van der Waals surface area (Å²) in [5.41, 5.74) is -0.710. The standard InChI is InChI=1S/C17H17F3N2O4/c1-9(14(23)22-7-6-21-16(22)25)26-15(24)12-8-11(12)10-4-2-3-5-13(10)17(18,19)20/h2-5,9,11-12H,6-8H2,1H3,(H,21,25)/t9-,11-,12+/m0/s1. The molecule has 3 rings (SSSR count). The van der Waals surface area contributed by atoms with Gasteiger partial charge in [-0.15, -0.1) is 0 Å². The van der Waals surface area contributed by atoms with Crippen molar-refractivity contribution in [3.8, 4) is 0 Å². The van der Waals surface area contributed by atoms with E-state index >= 15 is 0 Å². The molecule has 1 saturated heterocycles. The van der Waals surface area contributed by atoms with Crippen molar-refractivity contribution in [2.45, 2.75) is 31.5 Å². The lowest BCUT2D eigenvalue weighted by atomic mass is 10.0. The van der Waals surface area contributed by atoms with E-state index in [2.05, 4.69) is 5.32 Å². The second-order valence-electron chi connectivity index (χ2n) is 6.33. The highest BCUT2D eigenvalue weighted by Gasteiger charge is 2.49. The second-order valence-corrected chi connectivity index (χ2v) is 6.33. The van der Waals surface area contributed by atoms with Gasteiger partial charge in [0.1, 0.15) is 0 Å². The van der Waals surface area contributed by atoms with Gasteiger partial charge in [-0.2, -0.15) is 13.2 Å². The van der Waals surface area contributed by atoms with Crippen molar-refractivity contribution in [2.75, 3.05) is 13.1 Å². The lowest BCUT2D eigenvalue weighted by Gasteiger charge is -2.18. The minimum atomic E-state index is -4.50. The van der Waals surface area contributed by atoms with Crippen molar-refractivity contribution in [1.29, 1.82) is 0 Å². The predicted octanol–water partition coefficient (Wildman–Crippen LogP) is 2.29. The number of alkyl halides is 3. The van der Waals surface area contributed by atoms with Crippen molar-refractivity contribution < 1.29 is 32.3 Å². The number of carbonyl (C=O) groups excluding carboxylic acids is 3. The number of ether oxygens (including phenoxy) is 1. The smallest absolute Gasteiger partial charge is 0.416 e. The van der Waals surface area contributed by atoms with Crippen LogP contribution in [0.1, 0.15) is 30.4 Å². The van der Waals surface area contributed by atoms with Crippen molar-refractivity contribution >= 4 is 17.9 Å². The number of hydrogen-bond acceptors (Lipinski definition) is 4. The van der Waals surface area contributed by atoms with Crippen molar-refractivity contribution in [1.82, 2.24) is 10.2 Å². The monoisotopic (exact) mass is 370 g/mol. The van der Waals surface area contributed by atoms with Crippen LogP contribution in [-0.2, 0) is 20.5 Å². The molecule has 1 N–H and O–H groups in total. The number of benzene rings is 1. The molecule has 1 aliphatic carbocycles. The number of hydrogen-bond donors (Lipinski definition) is 1. The number of rotatable bonds is 4. The van der Waals surface area contributed by atoms with E-state index in [1.165, 1.54) is 25.1 Å². The summed E-state index contributed by atoms with van der Waals surface area (Å²) in [7, 11) is 0. The third-order valence-electron chi connectivity index (χ3n) is 4.52. The van der Waals surface area contributed by atoms with Gasteiger partial charge < -0.3 is 10.1 Å². The molecule has 3 atom stereocenters. The van der Waals surface area contributed by atoms with E-state index in [9.17, 15) is 27.6 Å². The number of halogens is 3. The Bertz CT molecular complexity index is 750. The van der Waals surface area contributed by atoms with Crippen LogP contribution in [0.2, 0.25) is 0 Å². The molecular weight excluding hydrogens is 353 g/mol. The summed E-state index contributed by atoms with van der Waals surface area (Å²) >= 11 is 0. The first-order chi connectivity index (χ1) is 12.2. The summed E-state index contributed by atoms with van der Waals surface area (Å²) in [5.74, 6) is -2.69. The Morgan fingerprint density at radius 1 is 1.31 bits per heavy atom. The average molecular weight is 370 g/mol. The normalized spacial score (nSPS) is 23.4. The minimum Gasteiger partial charge on any atom is -0.452 e. The molecule has 1 heterocycles. The van der Waals surface area contributed by atoms with E-state index in [1.807, 2.05) is 0 Å². The number of amides is 3. The summed E-state index contributed by atoms with van der Waals surface area (Å²) < 4.78 is 44.3. The molecule has 3 amide bonds. The zero-order valence-electron chi connectivity index (χ0n) is 13.9. The third kappa shape index (κ3) is 3.51. The van der Waals surface area contributed by atoms with Crippen molar-refractivity contribution in [3.63, 3.8) is 0 Å². The van der Waals surface area contributed by atoms with Crippen LogP contribution >= 0.6 is 0 Å². The van der Waals surface area contributed by atoms with Gasteiger partial charge in [-0.25, -0.2) is 4.79 Å². The third-order valence-corrected chi connectivity index (χ3v) is 4.52. The second kappa shape index (κ2) is 6.62. The Morgan fingerprint density at radius 2 is 2.00 bits per heavy atom. The Labute approximate surface area is 147 Å². The summed E-state index contributed by atoms with van der Waals surface area (Å²) in [6.45, 7) is 1.85. The molecule has 0 unspecified atom stereocenters. The highest BCUT2D eigenvalue weighted by molar-refractivity contribution is 5.98. The van der Waals surface area contributed by atoms with E-state index in [0.717, 1.165) is 11.0 Å². The van der Waals surface area contributed by atoms with Crippen LogP contribution in [0.3, 0.4) is 0 Å². The molecule has 9 heteroatoms. The zero-order valence-corrected chi connectivity index (χ0v) is 13.9. The first kappa shape index (κ1) is 18.2. The quantitative estimate of drug-likeness (QED) is 0.826. The zero-order chi connectivity index (χ0) is 19.1. The fourth-order valence-corrected chi connectivity index (χ4v) is 3.09. The van der Waals surface area contributed by atoms with Crippen molar-refractivity contribution in [3.05, 3.63) is 35.4 Å². The highest BCUT2D eigenvalue weighted by atomic mass is 19.4. The minimum absolute atomic E-state index is 0.0554. The van der Waals surface area contributed by atoms with E-state index in [4.69, 9.17) is 4.74 Å². The van der Waals surface area contributed by atoms with Crippen LogP contribution < -0.4 is 5.32 Å². The van der Waals surface area contributed by atoms with Gasteiger partial charge >= 0.3 is 18.2 Å². The van der Waals surface area contributed by atoms with E-state index in [0.29, 0.717) is 6.54 Å². The molecule has 2 fully saturated rings. The molecule has 1 aromatic carbocycles. The molecule has 140 valence electrons. The molecule has 6 nitrogen and oxygen atoms in total. The molecule has 26 heavy (non-hydrogen) atoms. The lowest BCUT2D eigenvalue weighted by Crippen LogP contribution is -2.42. The number of nitrogens with zero attached hydrogens (tertiary/aromatic N) is 1. The van der Waals surface area contributed by atoms with Gasteiger partial charge in [0.15, 0.2) is 6.10 Å². The van der Waals surface area contributed by atoms with Crippen LogP contribution in [0.15, 0.2) is 24.3 Å². The molecule has 0 aromatic heterocycles. The fourth-order valence-electron chi connectivity index (χ4n) is 3.09. The maximum Gasteiger partial charge on any atom is 0.416 e. The number of imide groups is 1. The number of carbonyl (C=O) groups is 3. The van der Waals surface area contributed by atoms with Crippen LogP contribution in [0, 0.1) is 5.92 Å². The number of nitrogens with one attached hydrogen (secondary N) is 1. The Kier molecular flexibility index (Phi) is 4.64. The van der Waals surface area contributed by atoms with Gasteiger partial charge in [-0.3, -0.25) is 14.5 Å². The van der Waals surface area contributed by atoms with Crippen LogP contribution in [-0.4, -0.2) is 42.0 Å². The van der Waals surface area contributed by atoms with Gasteiger partial charge in [-0.1, -0.05) is 18.2 Å².